The van der Waals surface area contributed by atoms with Crippen LogP contribution in [0.1, 0.15) is 12.5 Å². The SMILES string of the molecule is CCOP(=O)(O)OCC(Cc1ccccc1)OC. The quantitative estimate of drug-likeness (QED) is 0.737. The Kier molecular flexibility index (Phi) is 6.54. The zero-order valence-electron chi connectivity index (χ0n) is 10.6. The largest absolute Gasteiger partial charge is 0.472 e. The van der Waals surface area contributed by atoms with Crippen molar-refractivity contribution in [3.05, 3.63) is 35.9 Å². The highest BCUT2D eigenvalue weighted by atomic mass is 31.2. The molecule has 0 fully saturated rings. The summed E-state index contributed by atoms with van der Waals surface area (Å²) in [6, 6.07) is 9.72. The molecule has 102 valence electrons. The monoisotopic (exact) mass is 274 g/mol. The van der Waals surface area contributed by atoms with Gasteiger partial charge in [-0.1, -0.05) is 30.3 Å². The van der Waals surface area contributed by atoms with E-state index in [1.165, 1.54) is 0 Å². The van der Waals surface area contributed by atoms with Crippen molar-refractivity contribution in [2.75, 3.05) is 20.3 Å². The fourth-order valence-corrected chi connectivity index (χ4v) is 2.22. The third-order valence-corrected chi connectivity index (χ3v) is 3.42. The van der Waals surface area contributed by atoms with Crippen molar-refractivity contribution < 1.29 is 23.2 Å². The molecule has 1 aromatic carbocycles. The summed E-state index contributed by atoms with van der Waals surface area (Å²) in [5.74, 6) is 0. The van der Waals surface area contributed by atoms with E-state index in [9.17, 15) is 9.46 Å². The highest BCUT2D eigenvalue weighted by molar-refractivity contribution is 7.47. The molecule has 2 atom stereocenters. The molecule has 0 saturated heterocycles. The van der Waals surface area contributed by atoms with Crippen LogP contribution in [0.25, 0.3) is 0 Å². The summed E-state index contributed by atoms with van der Waals surface area (Å²) in [6.45, 7) is 1.77. The van der Waals surface area contributed by atoms with E-state index >= 15 is 0 Å². The second-order valence-electron chi connectivity index (χ2n) is 3.73. The summed E-state index contributed by atoms with van der Waals surface area (Å²) in [6.07, 6.45) is 0.331. The topological polar surface area (TPSA) is 65.0 Å². The molecule has 5 nitrogen and oxygen atoms in total. The number of rotatable bonds is 8. The second-order valence-corrected chi connectivity index (χ2v) is 5.18. The van der Waals surface area contributed by atoms with Crippen LogP contribution in [0.15, 0.2) is 30.3 Å². The number of benzene rings is 1. The van der Waals surface area contributed by atoms with Crippen LogP contribution >= 0.6 is 7.82 Å². The Morgan fingerprint density at radius 2 is 1.94 bits per heavy atom. The van der Waals surface area contributed by atoms with Crippen LogP contribution in [0.4, 0.5) is 0 Å². The van der Waals surface area contributed by atoms with Crippen LogP contribution in [0.3, 0.4) is 0 Å². The average molecular weight is 274 g/mol. The molecule has 0 radical (unpaired) electrons. The standard InChI is InChI=1S/C12H19O5P/c1-3-16-18(13,14)17-10-12(15-2)9-11-7-5-4-6-8-11/h4-8,12H,3,9-10H2,1-2H3,(H,13,14). The van der Waals surface area contributed by atoms with Gasteiger partial charge in [0.15, 0.2) is 0 Å². The molecule has 18 heavy (non-hydrogen) atoms. The maximum Gasteiger partial charge on any atom is 0.472 e. The predicted molar refractivity (Wildman–Crippen MR) is 68.3 cm³/mol. The van der Waals surface area contributed by atoms with Gasteiger partial charge >= 0.3 is 7.82 Å². The molecule has 0 bridgehead atoms. The minimum Gasteiger partial charge on any atom is -0.379 e. The number of hydrogen-bond acceptors (Lipinski definition) is 4. The molecule has 0 aromatic heterocycles. The zero-order valence-corrected chi connectivity index (χ0v) is 11.5. The van der Waals surface area contributed by atoms with Gasteiger partial charge in [0.1, 0.15) is 0 Å². The molecule has 0 aliphatic rings. The van der Waals surface area contributed by atoms with E-state index < -0.39 is 7.82 Å². The van der Waals surface area contributed by atoms with E-state index in [-0.39, 0.29) is 19.3 Å². The Bertz CT molecular complexity index is 381. The lowest BCUT2D eigenvalue weighted by Gasteiger charge is -2.17. The molecule has 0 spiro atoms. The van der Waals surface area contributed by atoms with Gasteiger partial charge in [0.05, 0.1) is 19.3 Å². The van der Waals surface area contributed by atoms with Crippen molar-refractivity contribution in [2.45, 2.75) is 19.4 Å². The normalized spacial score (nSPS) is 16.2. The van der Waals surface area contributed by atoms with Crippen LogP contribution in [-0.4, -0.2) is 31.3 Å². The van der Waals surface area contributed by atoms with Crippen LogP contribution < -0.4 is 0 Å². The second kappa shape index (κ2) is 7.67. The Morgan fingerprint density at radius 3 is 2.50 bits per heavy atom. The van der Waals surface area contributed by atoms with Crippen molar-refractivity contribution >= 4 is 7.82 Å². The van der Waals surface area contributed by atoms with Gasteiger partial charge in [0, 0.05) is 13.5 Å². The number of methoxy groups -OCH3 is 1. The maximum atomic E-state index is 11.3. The predicted octanol–water partition coefficient (Wildman–Crippen LogP) is 2.40. The van der Waals surface area contributed by atoms with Crippen LogP contribution in [-0.2, 0) is 24.8 Å². The van der Waals surface area contributed by atoms with Crippen LogP contribution in [0, 0.1) is 0 Å². The van der Waals surface area contributed by atoms with E-state index in [2.05, 4.69) is 4.52 Å². The molecule has 2 unspecified atom stereocenters. The van der Waals surface area contributed by atoms with E-state index in [0.29, 0.717) is 6.42 Å². The molecular formula is C12H19O5P. The smallest absolute Gasteiger partial charge is 0.379 e. The lowest BCUT2D eigenvalue weighted by atomic mass is 10.1. The molecule has 0 amide bonds. The van der Waals surface area contributed by atoms with E-state index in [0.717, 1.165) is 5.56 Å². The fraction of sp³-hybridized carbons (Fsp3) is 0.500. The van der Waals surface area contributed by atoms with Gasteiger partial charge in [-0.05, 0) is 12.5 Å². The lowest BCUT2D eigenvalue weighted by molar-refractivity contribution is 0.0405. The van der Waals surface area contributed by atoms with Gasteiger partial charge in [-0.25, -0.2) is 4.57 Å². The highest BCUT2D eigenvalue weighted by Crippen LogP contribution is 2.43. The first kappa shape index (κ1) is 15.3. The molecule has 0 saturated carbocycles. The summed E-state index contributed by atoms with van der Waals surface area (Å²) in [7, 11) is -2.40. The molecule has 1 N–H and O–H groups in total. The minimum atomic E-state index is -3.94. The first-order valence-electron chi connectivity index (χ1n) is 5.76. The molecule has 6 heteroatoms. The lowest BCUT2D eigenvalue weighted by Crippen LogP contribution is -2.20. The molecule has 1 rings (SSSR count). The molecule has 0 aliphatic heterocycles. The van der Waals surface area contributed by atoms with E-state index in [1.807, 2.05) is 30.3 Å². The van der Waals surface area contributed by atoms with Gasteiger partial charge in [0.25, 0.3) is 0 Å². The number of phosphoric acid groups is 1. The summed E-state index contributed by atoms with van der Waals surface area (Å²) >= 11 is 0. The number of phosphoric ester groups is 1. The Hall–Kier alpha value is -0.710. The minimum absolute atomic E-state index is 0.0131. The summed E-state index contributed by atoms with van der Waals surface area (Å²) in [5.41, 5.74) is 1.08. The number of ether oxygens (including phenoxy) is 1. The van der Waals surface area contributed by atoms with Gasteiger partial charge in [-0.15, -0.1) is 0 Å². The Balaban J connectivity index is 2.45. The Labute approximate surface area is 107 Å². The van der Waals surface area contributed by atoms with Crippen LogP contribution in [0.2, 0.25) is 0 Å². The first-order chi connectivity index (χ1) is 8.57. The highest BCUT2D eigenvalue weighted by Gasteiger charge is 2.22. The van der Waals surface area contributed by atoms with Crippen molar-refractivity contribution in [2.24, 2.45) is 0 Å². The third kappa shape index (κ3) is 5.76. The zero-order chi connectivity index (χ0) is 13.4. The van der Waals surface area contributed by atoms with Crippen molar-refractivity contribution in [3.8, 4) is 0 Å². The Morgan fingerprint density at radius 1 is 1.28 bits per heavy atom. The van der Waals surface area contributed by atoms with Gasteiger partial charge in [-0.2, -0.15) is 0 Å². The molecule has 0 aliphatic carbocycles. The van der Waals surface area contributed by atoms with Gasteiger partial charge < -0.3 is 9.63 Å². The number of hydrogen-bond donors (Lipinski definition) is 1. The molecule has 1 aromatic rings. The van der Waals surface area contributed by atoms with Gasteiger partial charge in [-0.3, -0.25) is 9.05 Å². The molecule has 0 heterocycles. The van der Waals surface area contributed by atoms with E-state index in [4.69, 9.17) is 9.26 Å². The van der Waals surface area contributed by atoms with Crippen molar-refractivity contribution in [1.29, 1.82) is 0 Å². The van der Waals surface area contributed by atoms with E-state index in [1.54, 1.807) is 14.0 Å². The van der Waals surface area contributed by atoms with Gasteiger partial charge in [0.2, 0.25) is 0 Å². The summed E-state index contributed by atoms with van der Waals surface area (Å²) in [4.78, 5) is 9.28. The third-order valence-electron chi connectivity index (χ3n) is 2.36. The van der Waals surface area contributed by atoms with Crippen molar-refractivity contribution in [3.63, 3.8) is 0 Å². The summed E-state index contributed by atoms with van der Waals surface area (Å²) < 4.78 is 26.0. The molecular weight excluding hydrogens is 255 g/mol. The average Bonchev–Trinajstić information content (AvgIpc) is 2.35. The first-order valence-corrected chi connectivity index (χ1v) is 7.25. The van der Waals surface area contributed by atoms with Crippen molar-refractivity contribution in [1.82, 2.24) is 0 Å². The summed E-state index contributed by atoms with van der Waals surface area (Å²) in [5, 5.41) is 0. The maximum absolute atomic E-state index is 11.3. The van der Waals surface area contributed by atoms with Crippen LogP contribution in [0.5, 0.6) is 0 Å². The fourth-order valence-electron chi connectivity index (χ4n) is 1.47.